The molecule has 2 rings (SSSR count). The normalized spacial score (nSPS) is 25.8. The molecule has 1 saturated heterocycles. The van der Waals surface area contributed by atoms with Gasteiger partial charge in [0.25, 0.3) is 0 Å². The van der Waals surface area contributed by atoms with Crippen molar-refractivity contribution in [2.45, 2.75) is 97.9 Å². The Bertz CT molecular complexity index is 1140. The Kier molecular flexibility index (Phi) is 13.6. The summed E-state index contributed by atoms with van der Waals surface area (Å²) in [4.78, 5) is 79.5. The van der Waals surface area contributed by atoms with E-state index < -0.39 is 72.2 Å². The Morgan fingerprint density at radius 3 is 1.88 bits per heavy atom. The topological polar surface area (TPSA) is 175 Å². The van der Waals surface area contributed by atoms with Crippen LogP contribution in [0.25, 0.3) is 0 Å². The van der Waals surface area contributed by atoms with Crippen LogP contribution in [0.15, 0.2) is 30.3 Å². The van der Waals surface area contributed by atoms with Gasteiger partial charge in [-0.1, -0.05) is 78.3 Å². The van der Waals surface area contributed by atoms with Crippen LogP contribution in [0.5, 0.6) is 0 Å². The minimum atomic E-state index is -1.05. The van der Waals surface area contributed by atoms with E-state index in [0.29, 0.717) is 12.8 Å². The molecule has 0 aromatic heterocycles. The van der Waals surface area contributed by atoms with Crippen LogP contribution < -0.4 is 31.9 Å². The van der Waals surface area contributed by atoms with Gasteiger partial charge < -0.3 is 31.9 Å². The van der Waals surface area contributed by atoms with Gasteiger partial charge in [0.15, 0.2) is 0 Å². The summed E-state index contributed by atoms with van der Waals surface area (Å²) in [6.45, 7) is 12.0. The predicted octanol–water partition coefficient (Wildman–Crippen LogP) is 0.551. The fraction of sp³-hybridized carbons (Fsp3) is 0.613. The lowest BCUT2D eigenvalue weighted by molar-refractivity contribution is -0.137. The first-order chi connectivity index (χ1) is 20.2. The van der Waals surface area contributed by atoms with Gasteiger partial charge in [0.05, 0.1) is 6.54 Å². The summed E-state index contributed by atoms with van der Waals surface area (Å²) >= 11 is 0. The summed E-state index contributed by atoms with van der Waals surface area (Å²) in [6.07, 6.45) is 0.987. The van der Waals surface area contributed by atoms with Crippen molar-refractivity contribution in [3.63, 3.8) is 0 Å². The fourth-order valence-electron chi connectivity index (χ4n) is 4.70. The third-order valence-corrected chi connectivity index (χ3v) is 7.49. The van der Waals surface area contributed by atoms with Crippen molar-refractivity contribution in [1.29, 1.82) is 0 Å². The molecule has 0 saturated carbocycles. The van der Waals surface area contributed by atoms with Gasteiger partial charge >= 0.3 is 0 Å². The molecule has 0 radical (unpaired) electrons. The maximum absolute atomic E-state index is 13.4. The Morgan fingerprint density at radius 1 is 0.698 bits per heavy atom. The average molecular weight is 601 g/mol. The first-order valence-corrected chi connectivity index (χ1v) is 15.1. The number of hydrogen-bond acceptors (Lipinski definition) is 6. The highest BCUT2D eigenvalue weighted by molar-refractivity contribution is 5.97. The molecule has 6 N–H and O–H groups in total. The summed E-state index contributed by atoms with van der Waals surface area (Å²) < 4.78 is 0. The Balaban J connectivity index is 2.46. The zero-order valence-corrected chi connectivity index (χ0v) is 26.3. The molecule has 1 heterocycles. The Morgan fingerprint density at radius 2 is 1.30 bits per heavy atom. The first kappa shape index (κ1) is 35.2. The molecule has 1 aromatic rings. The van der Waals surface area contributed by atoms with Crippen molar-refractivity contribution in [3.8, 4) is 0 Å². The number of hydrogen-bond donors (Lipinski definition) is 6. The summed E-state index contributed by atoms with van der Waals surface area (Å²) in [7, 11) is 0. The summed E-state index contributed by atoms with van der Waals surface area (Å²) in [5, 5.41) is 16.1. The molecule has 6 atom stereocenters. The van der Waals surface area contributed by atoms with E-state index in [9.17, 15) is 28.8 Å². The van der Waals surface area contributed by atoms with E-state index in [4.69, 9.17) is 0 Å². The second kappa shape index (κ2) is 16.6. The van der Waals surface area contributed by atoms with Crippen LogP contribution in [0.1, 0.15) is 66.9 Å². The molecule has 12 heteroatoms. The van der Waals surface area contributed by atoms with Crippen LogP contribution in [-0.2, 0) is 35.2 Å². The SMILES string of the molecule is CC[C@H](C)[C@@H]1NC(=O)[C@H](C(C)C)NC(=O)[C@H](CC(C)C)NC(=O)CNC(=O)[C@H](Cc2ccccc2)NC(=O)[C@H](C)NC1=O. The van der Waals surface area contributed by atoms with Gasteiger partial charge in [0.2, 0.25) is 35.4 Å². The largest absolute Gasteiger partial charge is 0.345 e. The lowest BCUT2D eigenvalue weighted by atomic mass is 9.95. The van der Waals surface area contributed by atoms with E-state index in [2.05, 4.69) is 31.9 Å². The standard InChI is InChI=1S/C31H48N6O6/c1-8-19(6)26-31(43)33-20(7)27(39)35-23(15-21-12-10-9-11-13-21)28(40)32-16-24(38)34-22(14-17(2)3)29(41)36-25(18(4)5)30(42)37-26/h9-13,17-20,22-23,25-26H,8,14-16H2,1-7H3,(H,32,40)(H,33,43)(H,34,38)(H,35,39)(H,36,41)(H,37,42)/t19-,20-,22-,23-,25-,26-/m0/s1. The van der Waals surface area contributed by atoms with Crippen molar-refractivity contribution in [2.75, 3.05) is 6.54 Å². The molecule has 0 bridgehead atoms. The van der Waals surface area contributed by atoms with Crippen molar-refractivity contribution in [2.24, 2.45) is 17.8 Å². The average Bonchev–Trinajstić information content (AvgIpc) is 2.95. The van der Waals surface area contributed by atoms with Crippen LogP contribution in [0.3, 0.4) is 0 Å². The van der Waals surface area contributed by atoms with Gasteiger partial charge in [-0.3, -0.25) is 28.8 Å². The van der Waals surface area contributed by atoms with Crippen molar-refractivity contribution < 1.29 is 28.8 Å². The van der Waals surface area contributed by atoms with Gasteiger partial charge in [0.1, 0.15) is 30.2 Å². The molecule has 238 valence electrons. The van der Waals surface area contributed by atoms with Crippen molar-refractivity contribution >= 4 is 35.4 Å². The highest BCUT2D eigenvalue weighted by atomic mass is 16.2. The molecule has 0 spiro atoms. The van der Waals surface area contributed by atoms with E-state index in [0.717, 1.165) is 5.56 Å². The first-order valence-electron chi connectivity index (χ1n) is 15.1. The molecule has 6 amide bonds. The lowest BCUT2D eigenvalue weighted by Crippen LogP contribution is -2.61. The maximum atomic E-state index is 13.4. The molecule has 1 aliphatic heterocycles. The van der Waals surface area contributed by atoms with E-state index in [-0.39, 0.29) is 24.2 Å². The van der Waals surface area contributed by atoms with Crippen LogP contribution in [0, 0.1) is 17.8 Å². The Labute approximate surface area is 254 Å². The van der Waals surface area contributed by atoms with Gasteiger partial charge in [-0.15, -0.1) is 0 Å². The van der Waals surface area contributed by atoms with Gasteiger partial charge in [-0.05, 0) is 36.7 Å². The number of amides is 6. The quantitative estimate of drug-likeness (QED) is 0.267. The van der Waals surface area contributed by atoms with Gasteiger partial charge in [0, 0.05) is 6.42 Å². The van der Waals surface area contributed by atoms with Crippen LogP contribution in [0.4, 0.5) is 0 Å². The molecule has 12 nitrogen and oxygen atoms in total. The van der Waals surface area contributed by atoms with E-state index in [1.54, 1.807) is 32.9 Å². The third-order valence-electron chi connectivity index (χ3n) is 7.49. The monoisotopic (exact) mass is 600 g/mol. The zero-order valence-electron chi connectivity index (χ0n) is 26.3. The van der Waals surface area contributed by atoms with Gasteiger partial charge in [-0.25, -0.2) is 0 Å². The second-order valence-electron chi connectivity index (χ2n) is 12.1. The second-order valence-corrected chi connectivity index (χ2v) is 12.1. The number of rotatable bonds is 7. The number of benzene rings is 1. The number of nitrogens with one attached hydrogen (secondary N) is 6. The molecular formula is C31H48N6O6. The smallest absolute Gasteiger partial charge is 0.243 e. The van der Waals surface area contributed by atoms with E-state index in [1.165, 1.54) is 6.92 Å². The Hall–Kier alpha value is -3.96. The molecule has 1 aliphatic rings. The summed E-state index contributed by atoms with van der Waals surface area (Å²) in [5.41, 5.74) is 0.777. The maximum Gasteiger partial charge on any atom is 0.243 e. The highest BCUT2D eigenvalue weighted by Gasteiger charge is 2.35. The van der Waals surface area contributed by atoms with Crippen LogP contribution >= 0.6 is 0 Å². The molecule has 43 heavy (non-hydrogen) atoms. The minimum Gasteiger partial charge on any atom is -0.345 e. The number of carbonyl (C=O) groups excluding carboxylic acids is 6. The minimum absolute atomic E-state index is 0.0285. The summed E-state index contributed by atoms with van der Waals surface area (Å²) in [5.74, 6) is -4.05. The van der Waals surface area contributed by atoms with E-state index in [1.807, 2.05) is 39.0 Å². The predicted molar refractivity (Wildman–Crippen MR) is 162 cm³/mol. The van der Waals surface area contributed by atoms with Crippen LogP contribution in [0.2, 0.25) is 0 Å². The molecule has 1 fully saturated rings. The van der Waals surface area contributed by atoms with Crippen molar-refractivity contribution in [1.82, 2.24) is 31.9 Å². The molecule has 0 aliphatic carbocycles. The van der Waals surface area contributed by atoms with E-state index >= 15 is 0 Å². The fourth-order valence-corrected chi connectivity index (χ4v) is 4.70. The molecular weight excluding hydrogens is 552 g/mol. The summed E-state index contributed by atoms with van der Waals surface area (Å²) in [6, 6.07) is 4.02. The highest BCUT2D eigenvalue weighted by Crippen LogP contribution is 2.12. The van der Waals surface area contributed by atoms with Crippen LogP contribution in [-0.4, -0.2) is 72.2 Å². The lowest BCUT2D eigenvalue weighted by Gasteiger charge is -2.30. The van der Waals surface area contributed by atoms with Gasteiger partial charge in [-0.2, -0.15) is 0 Å². The molecule has 1 aromatic carbocycles. The third kappa shape index (κ3) is 11.0. The molecule has 0 unspecified atom stereocenters. The zero-order chi connectivity index (χ0) is 32.3. The van der Waals surface area contributed by atoms with Crippen molar-refractivity contribution in [3.05, 3.63) is 35.9 Å². The number of carbonyl (C=O) groups is 6.